The van der Waals surface area contributed by atoms with Crippen LogP contribution in [0.2, 0.25) is 0 Å². The Morgan fingerprint density at radius 1 is 1.08 bits per heavy atom. The third-order valence-electron chi connectivity index (χ3n) is 5.50. The lowest BCUT2D eigenvalue weighted by molar-refractivity contribution is -0.141. The molecule has 0 aliphatic heterocycles. The lowest BCUT2D eigenvalue weighted by Crippen LogP contribution is -2.30. The summed E-state index contributed by atoms with van der Waals surface area (Å²) < 4.78 is 83.5. The van der Waals surface area contributed by atoms with E-state index < -0.39 is 39.7 Å². The molecular formula is C24H24F4N4O4S. The van der Waals surface area contributed by atoms with Crippen molar-refractivity contribution in [3.63, 3.8) is 0 Å². The molecule has 198 valence electrons. The highest BCUT2D eigenvalue weighted by molar-refractivity contribution is 7.87. The molecule has 0 aliphatic carbocycles. The Balaban J connectivity index is 1.80. The van der Waals surface area contributed by atoms with Gasteiger partial charge in [0.1, 0.15) is 17.3 Å². The highest BCUT2D eigenvalue weighted by atomic mass is 32.2. The molecule has 1 amide bonds. The number of rotatable bonds is 9. The standard InChI is InChI=1S/C24H24F4N4O4S/c1-14(15-6-7-17(20(25)11-15)13-31-37(29,34)35)23(33)30-12-18-8-9-21(24(26,27)28)32-22(18)16-4-3-5-19(10-16)36-2/h3-11,14,31H,12-13H2,1-2H3,(H,30,33)(H2,29,34,35). The van der Waals surface area contributed by atoms with E-state index in [2.05, 4.69) is 10.3 Å². The maximum Gasteiger partial charge on any atom is 0.433 e. The first-order valence-electron chi connectivity index (χ1n) is 10.8. The number of carbonyl (C=O) groups is 1. The summed E-state index contributed by atoms with van der Waals surface area (Å²) >= 11 is 0. The zero-order valence-corrected chi connectivity index (χ0v) is 20.6. The molecule has 2 aromatic carbocycles. The number of carbonyl (C=O) groups excluding carboxylic acids is 1. The fourth-order valence-electron chi connectivity index (χ4n) is 3.45. The Labute approximate surface area is 211 Å². The van der Waals surface area contributed by atoms with Crippen molar-refractivity contribution in [1.29, 1.82) is 0 Å². The molecule has 0 bridgehead atoms. The molecule has 0 saturated heterocycles. The number of amides is 1. The smallest absolute Gasteiger partial charge is 0.433 e. The summed E-state index contributed by atoms with van der Waals surface area (Å²) in [6.07, 6.45) is -4.66. The van der Waals surface area contributed by atoms with Crippen molar-refractivity contribution >= 4 is 16.1 Å². The third-order valence-corrected chi connectivity index (χ3v) is 6.05. The summed E-state index contributed by atoms with van der Waals surface area (Å²) in [5.41, 5.74) is -0.0105. The number of nitrogens with one attached hydrogen (secondary N) is 2. The normalized spacial score (nSPS) is 12.7. The zero-order valence-electron chi connectivity index (χ0n) is 19.8. The quantitative estimate of drug-likeness (QED) is 0.358. The molecule has 4 N–H and O–H groups in total. The van der Waals surface area contributed by atoms with Crippen LogP contribution in [0.3, 0.4) is 0 Å². The van der Waals surface area contributed by atoms with E-state index in [9.17, 15) is 30.8 Å². The van der Waals surface area contributed by atoms with Gasteiger partial charge in [-0.15, -0.1) is 0 Å². The molecule has 0 radical (unpaired) electrons. The van der Waals surface area contributed by atoms with Crippen LogP contribution in [0.5, 0.6) is 5.75 Å². The van der Waals surface area contributed by atoms with Crippen molar-refractivity contribution in [2.75, 3.05) is 7.11 Å². The van der Waals surface area contributed by atoms with Crippen LogP contribution in [0, 0.1) is 5.82 Å². The SMILES string of the molecule is COc1cccc(-c2nc(C(F)(F)F)ccc2CNC(=O)C(C)c2ccc(CNS(N)(=O)=O)c(F)c2)c1. The number of nitrogens with two attached hydrogens (primary N) is 1. The number of benzene rings is 2. The van der Waals surface area contributed by atoms with Crippen molar-refractivity contribution in [2.45, 2.75) is 32.1 Å². The van der Waals surface area contributed by atoms with Crippen LogP contribution >= 0.6 is 0 Å². The first-order chi connectivity index (χ1) is 17.3. The van der Waals surface area contributed by atoms with Gasteiger partial charge in [0.2, 0.25) is 5.91 Å². The van der Waals surface area contributed by atoms with Crippen molar-refractivity contribution in [1.82, 2.24) is 15.0 Å². The summed E-state index contributed by atoms with van der Waals surface area (Å²) in [7, 11) is -2.58. The molecule has 37 heavy (non-hydrogen) atoms. The molecule has 0 fully saturated rings. The Morgan fingerprint density at radius 2 is 1.78 bits per heavy atom. The van der Waals surface area contributed by atoms with E-state index in [0.29, 0.717) is 22.4 Å². The number of pyridine rings is 1. The second-order valence-corrected chi connectivity index (χ2v) is 9.47. The van der Waals surface area contributed by atoms with Gasteiger partial charge in [0.05, 0.1) is 18.7 Å². The fourth-order valence-corrected chi connectivity index (χ4v) is 3.81. The molecule has 0 aliphatic rings. The predicted octanol–water partition coefficient (Wildman–Crippen LogP) is 3.63. The molecule has 0 saturated carbocycles. The molecule has 13 heteroatoms. The number of ether oxygens (including phenoxy) is 1. The Kier molecular flexibility index (Phi) is 8.51. The number of hydrogen-bond acceptors (Lipinski definition) is 5. The summed E-state index contributed by atoms with van der Waals surface area (Å²) in [5, 5.41) is 7.49. The van der Waals surface area contributed by atoms with Crippen LogP contribution in [-0.2, 0) is 34.3 Å². The summed E-state index contributed by atoms with van der Waals surface area (Å²) in [6, 6.07) is 12.3. The van der Waals surface area contributed by atoms with Gasteiger partial charge in [0.25, 0.3) is 10.2 Å². The Hall–Kier alpha value is -3.55. The van der Waals surface area contributed by atoms with Crippen LogP contribution < -0.4 is 19.9 Å². The minimum Gasteiger partial charge on any atom is -0.497 e. The molecule has 3 aromatic rings. The molecule has 3 rings (SSSR count). The average Bonchev–Trinajstić information content (AvgIpc) is 2.84. The minimum absolute atomic E-state index is 0.0273. The van der Waals surface area contributed by atoms with Gasteiger partial charge in [0.15, 0.2) is 0 Å². The average molecular weight is 541 g/mol. The fraction of sp³-hybridized carbons (Fsp3) is 0.250. The first kappa shape index (κ1) is 28.0. The van der Waals surface area contributed by atoms with E-state index in [4.69, 9.17) is 9.88 Å². The minimum atomic E-state index is -4.66. The van der Waals surface area contributed by atoms with Gasteiger partial charge < -0.3 is 10.1 Å². The van der Waals surface area contributed by atoms with Crippen LogP contribution in [0.4, 0.5) is 17.6 Å². The molecule has 0 spiro atoms. The number of halogens is 4. The van der Waals surface area contributed by atoms with Crippen molar-refractivity contribution < 1.29 is 35.5 Å². The molecule has 1 heterocycles. The van der Waals surface area contributed by atoms with Gasteiger partial charge in [-0.3, -0.25) is 4.79 Å². The maximum atomic E-state index is 14.4. The number of hydrogen-bond donors (Lipinski definition) is 3. The second kappa shape index (κ2) is 11.2. The van der Waals surface area contributed by atoms with E-state index in [0.717, 1.165) is 12.1 Å². The number of methoxy groups -OCH3 is 1. The van der Waals surface area contributed by atoms with E-state index in [-0.39, 0.29) is 24.3 Å². The monoisotopic (exact) mass is 540 g/mol. The lowest BCUT2D eigenvalue weighted by atomic mass is 9.98. The van der Waals surface area contributed by atoms with Gasteiger partial charge in [-0.25, -0.2) is 14.5 Å². The molecule has 1 unspecified atom stereocenters. The van der Waals surface area contributed by atoms with Gasteiger partial charge in [-0.2, -0.15) is 26.3 Å². The van der Waals surface area contributed by atoms with E-state index in [1.165, 1.54) is 38.3 Å². The Bertz CT molecular complexity index is 1400. The molecule has 1 aromatic heterocycles. The second-order valence-electron chi connectivity index (χ2n) is 8.09. The maximum absolute atomic E-state index is 14.4. The summed E-state index contributed by atoms with van der Waals surface area (Å²) in [6.45, 7) is 1.03. The Morgan fingerprint density at radius 3 is 2.41 bits per heavy atom. The lowest BCUT2D eigenvalue weighted by Gasteiger charge is -2.16. The van der Waals surface area contributed by atoms with Crippen molar-refractivity contribution in [3.8, 4) is 17.0 Å². The predicted molar refractivity (Wildman–Crippen MR) is 128 cm³/mol. The zero-order chi connectivity index (χ0) is 27.4. The van der Waals surface area contributed by atoms with Crippen molar-refractivity contribution in [3.05, 3.63) is 82.8 Å². The topological polar surface area (TPSA) is 123 Å². The van der Waals surface area contributed by atoms with Gasteiger partial charge in [-0.1, -0.05) is 30.3 Å². The van der Waals surface area contributed by atoms with Gasteiger partial charge in [0, 0.05) is 24.2 Å². The van der Waals surface area contributed by atoms with Crippen LogP contribution in [0.15, 0.2) is 54.6 Å². The highest BCUT2D eigenvalue weighted by Crippen LogP contribution is 2.32. The first-order valence-corrected chi connectivity index (χ1v) is 12.4. The van der Waals surface area contributed by atoms with Crippen molar-refractivity contribution in [2.24, 2.45) is 5.14 Å². The van der Waals surface area contributed by atoms with E-state index >= 15 is 0 Å². The summed E-state index contributed by atoms with van der Waals surface area (Å²) in [5.74, 6) is -1.64. The molecular weight excluding hydrogens is 516 g/mol. The third kappa shape index (κ3) is 7.47. The number of aromatic nitrogens is 1. The van der Waals surface area contributed by atoms with Crippen LogP contribution in [0.25, 0.3) is 11.3 Å². The highest BCUT2D eigenvalue weighted by Gasteiger charge is 2.33. The van der Waals surface area contributed by atoms with Crippen LogP contribution in [0.1, 0.15) is 35.2 Å². The molecule has 1 atom stereocenters. The van der Waals surface area contributed by atoms with E-state index in [1.807, 2.05) is 4.72 Å². The molecule has 8 nitrogen and oxygen atoms in total. The number of alkyl halides is 3. The number of nitrogens with zero attached hydrogens (tertiary/aromatic N) is 1. The van der Waals surface area contributed by atoms with Crippen LogP contribution in [-0.4, -0.2) is 26.4 Å². The largest absolute Gasteiger partial charge is 0.497 e. The van der Waals surface area contributed by atoms with Gasteiger partial charge >= 0.3 is 6.18 Å². The summed E-state index contributed by atoms with van der Waals surface area (Å²) in [4.78, 5) is 16.6. The van der Waals surface area contributed by atoms with Gasteiger partial charge in [-0.05, 0) is 42.3 Å². The van der Waals surface area contributed by atoms with E-state index in [1.54, 1.807) is 18.2 Å².